The Labute approximate surface area is 207 Å². The lowest BCUT2D eigenvalue weighted by Crippen LogP contribution is -2.26. The number of carbonyl (C=O) groups is 2. The Bertz CT molecular complexity index is 1140. The molecule has 0 spiro atoms. The summed E-state index contributed by atoms with van der Waals surface area (Å²) in [4.78, 5) is 25.1. The molecular weight excluding hydrogens is 469 g/mol. The molecule has 1 aliphatic carbocycles. The summed E-state index contributed by atoms with van der Waals surface area (Å²) in [7, 11) is 1.58. The predicted octanol–water partition coefficient (Wildman–Crippen LogP) is 4.59. The Hall–Kier alpha value is -3.40. The first-order chi connectivity index (χ1) is 17.0. The number of benzene rings is 2. The second-order valence-corrected chi connectivity index (χ2v) is 9.26. The van der Waals surface area contributed by atoms with Crippen LogP contribution in [0.3, 0.4) is 0 Å². The van der Waals surface area contributed by atoms with Crippen LogP contribution in [0.1, 0.15) is 54.3 Å². The number of aromatic nitrogens is 3. The van der Waals surface area contributed by atoms with E-state index in [1.165, 1.54) is 42.4 Å². The van der Waals surface area contributed by atoms with Crippen molar-refractivity contribution in [2.45, 2.75) is 49.8 Å². The molecule has 0 unspecified atom stereocenters. The van der Waals surface area contributed by atoms with Gasteiger partial charge in [0.25, 0.3) is 5.91 Å². The second-order valence-electron chi connectivity index (χ2n) is 8.32. The number of methoxy groups -OCH3 is 1. The summed E-state index contributed by atoms with van der Waals surface area (Å²) in [5, 5.41) is 15.0. The number of thioether (sulfide) groups is 1. The van der Waals surface area contributed by atoms with Gasteiger partial charge in [0.1, 0.15) is 11.6 Å². The highest BCUT2D eigenvalue weighted by Gasteiger charge is 2.24. The van der Waals surface area contributed by atoms with E-state index in [4.69, 9.17) is 4.74 Å². The molecular formula is C25H28FN5O3S. The SMILES string of the molecule is COc1ccc(C(=O)NCc2nnc(SCC(=O)Nc3ccc(F)cc3)n2C2CCCCC2)cc1. The van der Waals surface area contributed by atoms with E-state index in [1.807, 2.05) is 0 Å². The number of anilines is 1. The topological polar surface area (TPSA) is 98.1 Å². The van der Waals surface area contributed by atoms with E-state index in [9.17, 15) is 14.0 Å². The van der Waals surface area contributed by atoms with Crippen molar-refractivity contribution in [2.75, 3.05) is 18.2 Å². The molecule has 35 heavy (non-hydrogen) atoms. The van der Waals surface area contributed by atoms with Gasteiger partial charge in [0.2, 0.25) is 5.91 Å². The number of hydrogen-bond acceptors (Lipinski definition) is 6. The number of carbonyl (C=O) groups excluding carboxylic acids is 2. The first-order valence-corrected chi connectivity index (χ1v) is 12.6. The van der Waals surface area contributed by atoms with Crippen LogP contribution in [0.4, 0.5) is 10.1 Å². The summed E-state index contributed by atoms with van der Waals surface area (Å²) in [5.41, 5.74) is 1.06. The summed E-state index contributed by atoms with van der Waals surface area (Å²) in [6, 6.07) is 12.8. The molecule has 1 aromatic heterocycles. The molecule has 0 aliphatic heterocycles. The van der Waals surface area contributed by atoms with E-state index in [1.54, 1.807) is 31.4 Å². The van der Waals surface area contributed by atoms with Gasteiger partial charge in [-0.25, -0.2) is 4.39 Å². The molecule has 1 fully saturated rings. The zero-order chi connectivity index (χ0) is 24.6. The molecule has 184 valence electrons. The highest BCUT2D eigenvalue weighted by Crippen LogP contribution is 2.32. The van der Waals surface area contributed by atoms with Gasteiger partial charge in [-0.05, 0) is 61.4 Å². The number of ether oxygens (including phenoxy) is 1. The predicted molar refractivity (Wildman–Crippen MR) is 132 cm³/mol. The van der Waals surface area contributed by atoms with Crippen molar-refractivity contribution < 1.29 is 18.7 Å². The minimum absolute atomic E-state index is 0.139. The molecule has 2 amide bonds. The number of nitrogens with one attached hydrogen (secondary N) is 2. The van der Waals surface area contributed by atoms with Gasteiger partial charge >= 0.3 is 0 Å². The van der Waals surface area contributed by atoms with Crippen LogP contribution in [0.5, 0.6) is 5.75 Å². The van der Waals surface area contributed by atoms with E-state index in [0.717, 1.165) is 25.7 Å². The first-order valence-electron chi connectivity index (χ1n) is 11.6. The Morgan fingerprint density at radius 2 is 1.77 bits per heavy atom. The molecule has 1 saturated carbocycles. The van der Waals surface area contributed by atoms with Crippen molar-refractivity contribution in [3.63, 3.8) is 0 Å². The number of rotatable bonds is 9. The number of hydrogen-bond donors (Lipinski definition) is 2. The van der Waals surface area contributed by atoms with E-state index in [0.29, 0.717) is 28.0 Å². The molecule has 0 atom stereocenters. The molecule has 0 bridgehead atoms. The normalized spacial score (nSPS) is 13.9. The van der Waals surface area contributed by atoms with Gasteiger partial charge in [-0.3, -0.25) is 9.59 Å². The Kier molecular flexibility index (Phi) is 8.36. The molecule has 2 aromatic carbocycles. The smallest absolute Gasteiger partial charge is 0.251 e. The fourth-order valence-electron chi connectivity index (χ4n) is 4.10. The van der Waals surface area contributed by atoms with Crippen LogP contribution in [0, 0.1) is 5.82 Å². The summed E-state index contributed by atoms with van der Waals surface area (Å²) in [6.45, 7) is 0.233. The third-order valence-electron chi connectivity index (χ3n) is 5.89. The quantitative estimate of drug-likeness (QED) is 0.420. The zero-order valence-corrected chi connectivity index (χ0v) is 20.3. The van der Waals surface area contributed by atoms with E-state index in [-0.39, 0.29) is 36.0 Å². The van der Waals surface area contributed by atoms with Crippen LogP contribution in [0.2, 0.25) is 0 Å². The van der Waals surface area contributed by atoms with E-state index >= 15 is 0 Å². The van der Waals surface area contributed by atoms with Crippen molar-refractivity contribution in [2.24, 2.45) is 0 Å². The number of nitrogens with zero attached hydrogens (tertiary/aromatic N) is 3. The first kappa shape index (κ1) is 24.7. The average molecular weight is 498 g/mol. The lowest BCUT2D eigenvalue weighted by Gasteiger charge is -2.25. The Balaban J connectivity index is 1.42. The standard InChI is InChI=1S/C25H28FN5O3S/c1-34-21-13-7-17(8-14-21)24(33)27-15-22-29-30-25(31(22)20-5-3-2-4-6-20)35-16-23(32)28-19-11-9-18(26)10-12-19/h7-14,20H,2-6,15-16H2,1H3,(H,27,33)(H,28,32). The van der Waals surface area contributed by atoms with Crippen LogP contribution >= 0.6 is 11.8 Å². The molecule has 0 radical (unpaired) electrons. The Morgan fingerprint density at radius 3 is 2.46 bits per heavy atom. The molecule has 0 saturated heterocycles. The third kappa shape index (κ3) is 6.60. The minimum atomic E-state index is -0.357. The van der Waals surface area contributed by atoms with Gasteiger partial charge in [0, 0.05) is 17.3 Å². The van der Waals surface area contributed by atoms with Gasteiger partial charge < -0.3 is 19.9 Å². The summed E-state index contributed by atoms with van der Waals surface area (Å²) in [6.07, 6.45) is 5.45. The molecule has 3 aromatic rings. The van der Waals surface area contributed by atoms with Crippen LogP contribution in [-0.2, 0) is 11.3 Å². The lowest BCUT2D eigenvalue weighted by atomic mass is 9.95. The van der Waals surface area contributed by atoms with Crippen LogP contribution < -0.4 is 15.4 Å². The fraction of sp³-hybridized carbons (Fsp3) is 0.360. The highest BCUT2D eigenvalue weighted by atomic mass is 32.2. The summed E-state index contributed by atoms with van der Waals surface area (Å²) >= 11 is 1.30. The minimum Gasteiger partial charge on any atom is -0.497 e. The van der Waals surface area contributed by atoms with Gasteiger partial charge in [-0.15, -0.1) is 10.2 Å². The fourth-order valence-corrected chi connectivity index (χ4v) is 4.92. The molecule has 4 rings (SSSR count). The zero-order valence-electron chi connectivity index (χ0n) is 19.5. The molecule has 1 heterocycles. The van der Waals surface area contributed by atoms with Crippen molar-refractivity contribution >= 4 is 29.3 Å². The van der Waals surface area contributed by atoms with Crippen molar-refractivity contribution in [3.8, 4) is 5.75 Å². The van der Waals surface area contributed by atoms with Gasteiger partial charge in [0.15, 0.2) is 11.0 Å². The van der Waals surface area contributed by atoms with Crippen molar-refractivity contribution in [1.29, 1.82) is 0 Å². The number of amides is 2. The monoisotopic (exact) mass is 497 g/mol. The maximum absolute atomic E-state index is 13.1. The molecule has 8 nitrogen and oxygen atoms in total. The maximum atomic E-state index is 13.1. The molecule has 10 heteroatoms. The largest absolute Gasteiger partial charge is 0.497 e. The number of halogens is 1. The average Bonchev–Trinajstić information content (AvgIpc) is 3.30. The molecule has 2 N–H and O–H groups in total. The maximum Gasteiger partial charge on any atom is 0.251 e. The highest BCUT2D eigenvalue weighted by molar-refractivity contribution is 7.99. The van der Waals surface area contributed by atoms with E-state index < -0.39 is 0 Å². The van der Waals surface area contributed by atoms with Crippen LogP contribution in [0.15, 0.2) is 53.7 Å². The van der Waals surface area contributed by atoms with Gasteiger partial charge in [0.05, 0.1) is 19.4 Å². The van der Waals surface area contributed by atoms with Crippen molar-refractivity contribution in [3.05, 3.63) is 65.7 Å². The van der Waals surface area contributed by atoms with Crippen LogP contribution in [0.25, 0.3) is 0 Å². The van der Waals surface area contributed by atoms with Crippen LogP contribution in [-0.4, -0.2) is 39.4 Å². The summed E-state index contributed by atoms with van der Waals surface area (Å²) < 4.78 is 20.3. The van der Waals surface area contributed by atoms with E-state index in [2.05, 4.69) is 25.4 Å². The lowest BCUT2D eigenvalue weighted by molar-refractivity contribution is -0.113. The second kappa shape index (κ2) is 11.8. The molecule has 1 aliphatic rings. The Morgan fingerprint density at radius 1 is 1.06 bits per heavy atom. The van der Waals surface area contributed by atoms with Crippen molar-refractivity contribution in [1.82, 2.24) is 20.1 Å². The summed E-state index contributed by atoms with van der Waals surface area (Å²) in [5.74, 6) is 0.710. The van der Waals surface area contributed by atoms with Gasteiger partial charge in [-0.1, -0.05) is 31.0 Å². The third-order valence-corrected chi connectivity index (χ3v) is 6.84. The van der Waals surface area contributed by atoms with Gasteiger partial charge in [-0.2, -0.15) is 0 Å².